The molecule has 262 valence electrons. The molecule has 3 atom stereocenters. The van der Waals surface area contributed by atoms with E-state index in [2.05, 4.69) is 25.1 Å². The zero-order chi connectivity index (χ0) is 35.3. The number of hydrogen-bond donors (Lipinski definition) is 0. The molecule has 3 aromatic heterocycles. The van der Waals surface area contributed by atoms with Gasteiger partial charge in [-0.3, -0.25) is 14.7 Å². The molecule has 0 aliphatic carbocycles. The summed E-state index contributed by atoms with van der Waals surface area (Å²) < 4.78 is 52.6. The average molecular weight is 715 g/mol. The van der Waals surface area contributed by atoms with Crippen molar-refractivity contribution in [1.82, 2.24) is 34.9 Å². The minimum absolute atomic E-state index is 0.00430. The molecular weight excluding hydrogens is 681 g/mol. The number of likely N-dealkylation sites (N-methyl/N-ethyl adjacent to an activating group) is 1. The summed E-state index contributed by atoms with van der Waals surface area (Å²) in [6, 6.07) is 13.8. The monoisotopic (exact) mass is 714 g/mol. The number of rotatable bonds is 8. The van der Waals surface area contributed by atoms with Crippen LogP contribution in [0.2, 0.25) is 5.02 Å². The Balaban J connectivity index is 1.15. The highest BCUT2D eigenvalue weighted by molar-refractivity contribution is 6.36. The first-order chi connectivity index (χ1) is 24.7. The van der Waals surface area contributed by atoms with Crippen molar-refractivity contribution >= 4 is 51.1 Å². The van der Waals surface area contributed by atoms with Gasteiger partial charge in [0.1, 0.15) is 29.8 Å². The van der Waals surface area contributed by atoms with Gasteiger partial charge in [0.05, 0.1) is 16.6 Å². The van der Waals surface area contributed by atoms with Crippen LogP contribution in [0.3, 0.4) is 0 Å². The summed E-state index contributed by atoms with van der Waals surface area (Å²) in [6.07, 6.45) is 5.68. The van der Waals surface area contributed by atoms with Crippen LogP contribution in [0.5, 0.6) is 6.01 Å². The highest BCUT2D eigenvalue weighted by atomic mass is 35.5. The molecule has 0 saturated carbocycles. The van der Waals surface area contributed by atoms with Gasteiger partial charge in [-0.2, -0.15) is 20.2 Å². The summed E-state index contributed by atoms with van der Waals surface area (Å²) in [6.45, 7) is 1.79. The Kier molecular flexibility index (Phi) is 8.71. The van der Waals surface area contributed by atoms with Crippen molar-refractivity contribution in [2.45, 2.75) is 43.4 Å². The van der Waals surface area contributed by atoms with Crippen LogP contribution in [-0.4, -0.2) is 98.4 Å². The van der Waals surface area contributed by atoms with Gasteiger partial charge >= 0.3 is 6.01 Å². The van der Waals surface area contributed by atoms with Crippen LogP contribution >= 0.6 is 11.6 Å². The topological polar surface area (TPSA) is 100 Å². The fourth-order valence-corrected chi connectivity index (χ4v) is 8.12. The lowest BCUT2D eigenvalue weighted by atomic mass is 9.95. The molecule has 10 nitrogen and oxygen atoms in total. The molecule has 51 heavy (non-hydrogen) atoms. The maximum atomic E-state index is 16.8. The molecule has 14 heteroatoms. The first kappa shape index (κ1) is 33.3. The minimum Gasteiger partial charge on any atom is -0.461 e. The summed E-state index contributed by atoms with van der Waals surface area (Å²) in [5.41, 5.74) is 0.335. The number of benzene rings is 2. The van der Waals surface area contributed by atoms with E-state index in [1.165, 1.54) is 17.3 Å². The number of fused-ring (bicyclic) bond motifs is 3. The smallest absolute Gasteiger partial charge is 0.319 e. The number of ether oxygens (including phenoxy) is 1. The van der Waals surface area contributed by atoms with E-state index in [9.17, 15) is 13.6 Å². The van der Waals surface area contributed by atoms with Gasteiger partial charge < -0.3 is 14.5 Å². The highest BCUT2D eigenvalue weighted by Crippen LogP contribution is 2.41. The number of aromatic nitrogens is 5. The van der Waals surface area contributed by atoms with Gasteiger partial charge in [0.15, 0.2) is 11.6 Å². The van der Waals surface area contributed by atoms with Crippen LogP contribution in [-0.2, 0) is 4.79 Å². The molecule has 1 amide bonds. The Labute approximate surface area is 296 Å². The second-order valence-corrected chi connectivity index (χ2v) is 13.9. The molecule has 6 heterocycles. The predicted octanol–water partition coefficient (Wildman–Crippen LogP) is 6.43. The van der Waals surface area contributed by atoms with Gasteiger partial charge in [0.2, 0.25) is 0 Å². The largest absolute Gasteiger partial charge is 0.461 e. The molecule has 0 N–H and O–H groups in total. The number of likely N-dealkylation sites (tertiary alicyclic amines) is 1. The quantitative estimate of drug-likeness (QED) is 0.168. The molecule has 0 spiro atoms. The fourth-order valence-electron chi connectivity index (χ4n) is 7.83. The van der Waals surface area contributed by atoms with Gasteiger partial charge in [-0.1, -0.05) is 41.9 Å². The molecule has 3 aliphatic heterocycles. The van der Waals surface area contributed by atoms with E-state index in [0.29, 0.717) is 53.1 Å². The summed E-state index contributed by atoms with van der Waals surface area (Å²) in [5, 5.41) is 9.84. The third-order valence-corrected chi connectivity index (χ3v) is 10.7. The molecule has 3 saturated heterocycles. The Bertz CT molecular complexity index is 2170. The van der Waals surface area contributed by atoms with Crippen LogP contribution in [0.25, 0.3) is 39.0 Å². The van der Waals surface area contributed by atoms with Crippen LogP contribution in [0.15, 0.2) is 66.8 Å². The SMILES string of the molecule is CN(c1nc(OC[C@@]23CCCN2CC(F)C3)nc2c(F)c(-c3cccc4cccc(Cl)c34)ncc12)C1CCN(C(=O)/C(F)=C/c2cccnn2)C1. The number of halogens is 4. The maximum absolute atomic E-state index is 16.8. The number of pyridine rings is 1. The highest BCUT2D eigenvalue weighted by Gasteiger charge is 2.49. The number of nitrogens with zero attached hydrogens (tertiary/aromatic N) is 8. The maximum Gasteiger partial charge on any atom is 0.319 e. The lowest BCUT2D eigenvalue weighted by molar-refractivity contribution is -0.127. The van der Waals surface area contributed by atoms with Crippen molar-refractivity contribution in [2.75, 3.05) is 44.7 Å². The fraction of sp³-hybridized carbons (Fsp3) is 0.351. The Hall–Kier alpha value is -4.88. The summed E-state index contributed by atoms with van der Waals surface area (Å²) >= 11 is 6.60. The third kappa shape index (κ3) is 6.12. The summed E-state index contributed by atoms with van der Waals surface area (Å²) in [4.78, 5) is 32.3. The Morgan fingerprint density at radius 3 is 2.80 bits per heavy atom. The van der Waals surface area contributed by atoms with Gasteiger partial charge in [0, 0.05) is 73.6 Å². The second-order valence-electron chi connectivity index (χ2n) is 13.5. The molecule has 8 rings (SSSR count). The van der Waals surface area contributed by atoms with E-state index in [1.54, 1.807) is 31.3 Å². The zero-order valence-corrected chi connectivity index (χ0v) is 28.5. The van der Waals surface area contributed by atoms with Gasteiger partial charge in [0.25, 0.3) is 5.91 Å². The van der Waals surface area contributed by atoms with E-state index in [1.807, 2.05) is 29.2 Å². The molecule has 0 radical (unpaired) electrons. The normalized spacial score (nSPS) is 22.2. The molecule has 3 fully saturated rings. The minimum atomic E-state index is -0.947. The molecule has 2 aromatic carbocycles. The third-order valence-electron chi connectivity index (χ3n) is 10.4. The first-order valence-corrected chi connectivity index (χ1v) is 17.3. The van der Waals surface area contributed by atoms with Gasteiger partial charge in [-0.25, -0.2) is 13.2 Å². The van der Waals surface area contributed by atoms with Crippen LogP contribution < -0.4 is 9.64 Å². The molecule has 0 bridgehead atoms. The van der Waals surface area contributed by atoms with Crippen molar-refractivity contribution in [3.05, 3.63) is 83.3 Å². The molecule has 2 unspecified atom stereocenters. The number of alkyl halides is 1. The zero-order valence-electron chi connectivity index (χ0n) is 27.8. The summed E-state index contributed by atoms with van der Waals surface area (Å²) in [5.74, 6) is -2.04. The van der Waals surface area contributed by atoms with E-state index in [-0.39, 0.29) is 42.1 Å². The van der Waals surface area contributed by atoms with Crippen LogP contribution in [0.1, 0.15) is 31.4 Å². The van der Waals surface area contributed by atoms with Gasteiger partial charge in [-0.15, -0.1) is 0 Å². The first-order valence-electron chi connectivity index (χ1n) is 16.9. The number of carbonyl (C=O) groups excluding carboxylic acids is 1. The number of anilines is 1. The van der Waals surface area contributed by atoms with E-state index in [4.69, 9.17) is 21.3 Å². The Morgan fingerprint density at radius 1 is 1.14 bits per heavy atom. The van der Waals surface area contributed by atoms with Crippen LogP contribution in [0, 0.1) is 5.82 Å². The van der Waals surface area contributed by atoms with Crippen molar-refractivity contribution in [3.63, 3.8) is 0 Å². The summed E-state index contributed by atoms with van der Waals surface area (Å²) in [7, 11) is 1.79. The van der Waals surface area contributed by atoms with Crippen molar-refractivity contribution in [3.8, 4) is 17.3 Å². The average Bonchev–Trinajstić information content (AvgIpc) is 3.85. The van der Waals surface area contributed by atoms with Gasteiger partial charge in [-0.05, 0) is 49.4 Å². The lowest BCUT2D eigenvalue weighted by Crippen LogP contribution is -2.43. The van der Waals surface area contributed by atoms with E-state index in [0.717, 1.165) is 30.8 Å². The molecular formula is C37H34ClF3N8O2. The number of hydrogen-bond acceptors (Lipinski definition) is 9. The van der Waals surface area contributed by atoms with Crippen LogP contribution in [0.4, 0.5) is 19.0 Å². The van der Waals surface area contributed by atoms with E-state index >= 15 is 4.39 Å². The second kappa shape index (κ2) is 13.3. The number of amides is 1. The number of carbonyl (C=O) groups is 1. The Morgan fingerprint density at radius 2 is 1.98 bits per heavy atom. The molecule has 5 aromatic rings. The van der Waals surface area contributed by atoms with Crippen molar-refractivity contribution in [2.24, 2.45) is 0 Å². The van der Waals surface area contributed by atoms with E-state index < -0.39 is 29.3 Å². The predicted molar refractivity (Wildman–Crippen MR) is 188 cm³/mol. The molecule has 3 aliphatic rings. The lowest BCUT2D eigenvalue weighted by Gasteiger charge is -2.31. The standard InChI is InChI=1S/C37H34ClF3N8O2/c1-47(25-11-15-48(20-25)35(50)29(40)16-24-8-4-13-43-46-24)34-27-18-42-32(26-9-2-6-22-7-3-10-28(38)30(22)26)31(41)33(27)44-36(45-34)51-21-37-12-5-14-49(37)19-23(39)17-37/h2-4,6-10,13,16,18,23,25H,5,11-12,14-15,17,19-21H2,1H3/b29-16-/t23?,25?,37-/m0/s1. The van der Waals surface area contributed by atoms with Crippen molar-refractivity contribution in [1.29, 1.82) is 0 Å². The van der Waals surface area contributed by atoms with Crippen molar-refractivity contribution < 1.29 is 22.7 Å².